The molecule has 0 bridgehead atoms. The van der Waals surface area contributed by atoms with Crippen molar-refractivity contribution in [3.05, 3.63) is 106 Å². The predicted octanol–water partition coefficient (Wildman–Crippen LogP) is 8.18. The third kappa shape index (κ3) is 4.95. The van der Waals surface area contributed by atoms with Crippen LogP contribution in [0, 0.1) is 18.6 Å². The minimum atomic E-state index is -0.363. The third-order valence-corrected chi connectivity index (χ3v) is 11.3. The smallest absolute Gasteiger partial charge is 0.257 e. The number of methoxy groups -OCH3 is 1. The molecule has 0 unspecified atom stereocenters. The van der Waals surface area contributed by atoms with E-state index in [2.05, 4.69) is 21.6 Å². The van der Waals surface area contributed by atoms with Crippen molar-refractivity contribution in [2.24, 2.45) is 0 Å². The van der Waals surface area contributed by atoms with Crippen LogP contribution in [0.3, 0.4) is 0 Å². The average molecular weight is 691 g/mol. The zero-order valence-electron chi connectivity index (χ0n) is 27.4. The number of carbonyl (C=O) groups is 1. The number of carbonyl (C=O) groups excluding carboxylic acids is 1. The van der Waals surface area contributed by atoms with Crippen molar-refractivity contribution in [1.82, 2.24) is 25.1 Å². The summed E-state index contributed by atoms with van der Waals surface area (Å²) in [5.41, 5.74) is 6.14. The van der Waals surface area contributed by atoms with Gasteiger partial charge in [0.1, 0.15) is 11.6 Å². The lowest BCUT2D eigenvalue weighted by Gasteiger charge is -2.16. The van der Waals surface area contributed by atoms with Crippen molar-refractivity contribution in [2.75, 3.05) is 19.0 Å². The number of amides is 1. The maximum absolute atomic E-state index is 14.5. The monoisotopic (exact) mass is 690 g/mol. The molecule has 1 fully saturated rings. The van der Waals surface area contributed by atoms with E-state index in [1.165, 1.54) is 25.3 Å². The first-order valence-electron chi connectivity index (χ1n) is 16.8. The highest BCUT2D eigenvalue weighted by molar-refractivity contribution is 7.23. The number of anilines is 1. The van der Waals surface area contributed by atoms with Crippen molar-refractivity contribution >= 4 is 33.1 Å². The number of nitrogens with zero attached hydrogens (tertiary/aromatic N) is 5. The highest BCUT2D eigenvalue weighted by Gasteiger charge is 2.45. The van der Waals surface area contributed by atoms with E-state index in [1.807, 2.05) is 23.1 Å². The fraction of sp³-hybridized carbons (Fsp3) is 0.289. The molecule has 2 atom stereocenters. The van der Waals surface area contributed by atoms with Crippen molar-refractivity contribution < 1.29 is 22.7 Å². The summed E-state index contributed by atoms with van der Waals surface area (Å²) in [6, 6.07) is 13.7. The molecular weight excluding hydrogens is 659 g/mol. The molecule has 9 rings (SSSR count). The van der Waals surface area contributed by atoms with Crippen LogP contribution in [-0.2, 0) is 19.3 Å². The molecule has 0 spiro atoms. The van der Waals surface area contributed by atoms with Gasteiger partial charge in [0.15, 0.2) is 11.6 Å². The summed E-state index contributed by atoms with van der Waals surface area (Å²) in [6.07, 6.45) is 6.00. The van der Waals surface area contributed by atoms with Crippen LogP contribution in [0.2, 0.25) is 0 Å². The molecule has 1 aliphatic carbocycles. The van der Waals surface area contributed by atoms with E-state index in [9.17, 15) is 13.6 Å². The van der Waals surface area contributed by atoms with Crippen molar-refractivity contribution in [3.63, 3.8) is 0 Å². The Hall–Kier alpha value is -5.23. The largest absolute Gasteiger partial charge is 0.493 e. The lowest BCUT2D eigenvalue weighted by molar-refractivity contribution is 0.0776. The van der Waals surface area contributed by atoms with Gasteiger partial charge in [-0.15, -0.1) is 21.5 Å². The van der Waals surface area contributed by atoms with Gasteiger partial charge in [0.05, 0.1) is 46.4 Å². The number of aryl methyl sites for hydroxylation is 3. The second-order valence-corrected chi connectivity index (χ2v) is 14.1. The first-order valence-corrected chi connectivity index (χ1v) is 17.6. The number of thiophene rings is 1. The van der Waals surface area contributed by atoms with E-state index < -0.39 is 0 Å². The molecule has 0 saturated carbocycles. The Labute approximate surface area is 290 Å². The highest BCUT2D eigenvalue weighted by atomic mass is 32.1. The second-order valence-electron chi connectivity index (χ2n) is 13.1. The maximum atomic E-state index is 14.5. The Morgan fingerprint density at radius 2 is 1.96 bits per heavy atom. The molecule has 50 heavy (non-hydrogen) atoms. The van der Waals surface area contributed by atoms with Gasteiger partial charge in [-0.25, -0.2) is 13.8 Å². The molecule has 6 heterocycles. The quantitative estimate of drug-likeness (QED) is 0.171. The third-order valence-electron chi connectivity index (χ3n) is 10.1. The lowest BCUT2D eigenvalue weighted by atomic mass is 9.93. The zero-order chi connectivity index (χ0) is 34.1. The summed E-state index contributed by atoms with van der Waals surface area (Å²) in [4.78, 5) is 26.9. The Morgan fingerprint density at radius 3 is 2.78 bits per heavy atom. The van der Waals surface area contributed by atoms with Crippen molar-refractivity contribution in [3.8, 4) is 27.6 Å². The number of fused-ring (bicyclic) bond motifs is 5. The van der Waals surface area contributed by atoms with E-state index in [-0.39, 0.29) is 29.6 Å². The van der Waals surface area contributed by atoms with Crippen LogP contribution in [0.5, 0.6) is 5.75 Å². The molecule has 1 amide bonds. The number of benzene rings is 2. The number of rotatable bonds is 8. The topological polar surface area (TPSA) is 106 Å². The number of halogens is 2. The molecule has 6 aromatic rings. The molecule has 1 saturated heterocycles. The van der Waals surface area contributed by atoms with Gasteiger partial charge in [0.2, 0.25) is 11.8 Å². The Morgan fingerprint density at radius 1 is 1.06 bits per heavy atom. The molecule has 2 aliphatic heterocycles. The molecule has 9 nitrogen and oxygen atoms in total. The van der Waals surface area contributed by atoms with Crippen molar-refractivity contribution in [1.29, 1.82) is 0 Å². The standard InChI is InChI=1S/C38H32F2N6O3S/c1-19-44-45-37(49-19)30-27(12-8-20-5-3-6-22(39)17-20)42-33-28-7-4-16-46(28)38(47)32(33)31(30)29-18-21-14-15-41-36(35(21)50-29)43-26-13-10-24-23(26)9-11-25(40)34(24)48-2/h3,5-6,9,11,14-15,17-18,26,28H,4,7-8,10,12-13,16H2,1-2H3,(H,41,43)/t26-,28+/m0/s1. The minimum Gasteiger partial charge on any atom is -0.493 e. The summed E-state index contributed by atoms with van der Waals surface area (Å²) in [5, 5.41) is 13.2. The van der Waals surface area contributed by atoms with Crippen LogP contribution < -0.4 is 10.1 Å². The fourth-order valence-electron chi connectivity index (χ4n) is 7.93. The molecule has 12 heteroatoms. The first kappa shape index (κ1) is 30.8. The molecule has 2 aromatic carbocycles. The maximum Gasteiger partial charge on any atom is 0.257 e. The Balaban J connectivity index is 1.20. The van der Waals surface area contributed by atoms with Gasteiger partial charge in [0, 0.05) is 35.7 Å². The normalized spacial score (nSPS) is 17.8. The lowest BCUT2D eigenvalue weighted by Crippen LogP contribution is -2.22. The average Bonchev–Trinajstić information content (AvgIpc) is 3.95. The number of hydrogen-bond acceptors (Lipinski definition) is 9. The summed E-state index contributed by atoms with van der Waals surface area (Å²) in [5.74, 6) is 0.994. The number of pyridine rings is 2. The van der Waals surface area contributed by atoms with E-state index in [1.54, 1.807) is 30.5 Å². The van der Waals surface area contributed by atoms with Crippen LogP contribution in [0.25, 0.3) is 32.0 Å². The second kappa shape index (κ2) is 12.0. The van der Waals surface area contributed by atoms with Gasteiger partial charge in [-0.3, -0.25) is 9.78 Å². The number of ether oxygens (including phenoxy) is 1. The zero-order valence-corrected chi connectivity index (χ0v) is 28.2. The molecule has 252 valence electrons. The van der Waals surface area contributed by atoms with Crippen LogP contribution in [0.15, 0.2) is 59.1 Å². The molecule has 0 radical (unpaired) electrons. The van der Waals surface area contributed by atoms with E-state index in [0.29, 0.717) is 60.3 Å². The molecular formula is C38H32F2N6O3S. The number of nitrogens with one attached hydrogen (secondary N) is 1. The Kier molecular flexibility index (Phi) is 7.38. The molecule has 1 N–H and O–H groups in total. The SMILES string of the molecule is COc1c(F)ccc2c1CC[C@@H]2Nc1nccc2cc(-c3c4c(nc(CCc5cccc(F)c5)c3-c3nnc(C)o3)[C@H]3CCCN3C4=O)sc12. The van der Waals surface area contributed by atoms with Crippen LogP contribution in [0.1, 0.15) is 75.7 Å². The fourth-order valence-corrected chi connectivity index (χ4v) is 9.09. The van der Waals surface area contributed by atoms with Gasteiger partial charge in [0.25, 0.3) is 5.91 Å². The molecule has 3 aliphatic rings. The van der Waals surface area contributed by atoms with Gasteiger partial charge in [-0.1, -0.05) is 18.2 Å². The van der Waals surface area contributed by atoms with E-state index >= 15 is 0 Å². The summed E-state index contributed by atoms with van der Waals surface area (Å²) < 4.78 is 41.0. The molecule has 4 aromatic heterocycles. The highest BCUT2D eigenvalue weighted by Crippen LogP contribution is 2.51. The minimum absolute atomic E-state index is 0.0446. The van der Waals surface area contributed by atoms with E-state index in [4.69, 9.17) is 19.1 Å². The van der Waals surface area contributed by atoms with Crippen LogP contribution >= 0.6 is 11.3 Å². The summed E-state index contributed by atoms with van der Waals surface area (Å²) >= 11 is 1.54. The summed E-state index contributed by atoms with van der Waals surface area (Å²) in [6.45, 7) is 2.41. The number of hydrogen-bond donors (Lipinski definition) is 1. The van der Waals surface area contributed by atoms with Gasteiger partial charge in [-0.05, 0) is 85.4 Å². The van der Waals surface area contributed by atoms with Crippen molar-refractivity contribution in [2.45, 2.75) is 57.5 Å². The van der Waals surface area contributed by atoms with E-state index in [0.717, 1.165) is 67.9 Å². The van der Waals surface area contributed by atoms with Gasteiger partial charge in [-0.2, -0.15) is 0 Å². The predicted molar refractivity (Wildman–Crippen MR) is 185 cm³/mol. The first-order chi connectivity index (χ1) is 24.4. The van der Waals surface area contributed by atoms with Gasteiger partial charge < -0.3 is 19.4 Å². The number of aromatic nitrogens is 4. The Bertz CT molecular complexity index is 2340. The van der Waals surface area contributed by atoms with Gasteiger partial charge >= 0.3 is 0 Å². The van der Waals surface area contributed by atoms with Crippen LogP contribution in [-0.4, -0.2) is 44.6 Å². The van der Waals surface area contributed by atoms with Crippen LogP contribution in [0.4, 0.5) is 14.6 Å². The summed E-state index contributed by atoms with van der Waals surface area (Å²) in [7, 11) is 1.50.